The Balaban J connectivity index is -0.00000353. The quantitative estimate of drug-likeness (QED) is 0.0243. The average Bonchev–Trinajstić information content (AvgIpc) is 3.05. The summed E-state index contributed by atoms with van der Waals surface area (Å²) in [5.41, 5.74) is 29.3. The van der Waals surface area contributed by atoms with Gasteiger partial charge in [-0.05, 0) is 44.9 Å². The molecule has 12 heteroatoms. The molecular formula is C38H82Cl3N7O2. The smallest absolute Gasteiger partial charge is 0.239 e. The molecule has 0 fully saturated rings. The van der Waals surface area contributed by atoms with Gasteiger partial charge >= 0.3 is 0 Å². The Kier molecular flexibility index (Phi) is 45.8. The Labute approximate surface area is 326 Å². The Bertz CT molecular complexity index is 777. The lowest BCUT2D eigenvalue weighted by Gasteiger charge is -2.26. The van der Waals surface area contributed by atoms with Crippen LogP contribution in [-0.2, 0) is 9.59 Å². The molecule has 0 saturated heterocycles. The van der Waals surface area contributed by atoms with E-state index >= 15 is 0 Å². The highest BCUT2D eigenvalue weighted by atomic mass is 35.5. The van der Waals surface area contributed by atoms with Gasteiger partial charge in [-0.15, -0.1) is 37.2 Å². The molecule has 1 amide bonds. The van der Waals surface area contributed by atoms with Gasteiger partial charge in [0.15, 0.2) is 11.7 Å². The van der Waals surface area contributed by atoms with E-state index < -0.39 is 18.1 Å². The molecule has 0 aromatic carbocycles. The molecule has 1 unspecified atom stereocenters. The molecule has 0 aliphatic heterocycles. The molecule has 0 aliphatic carbocycles. The van der Waals surface area contributed by atoms with Crippen molar-refractivity contribution in [3.8, 4) is 0 Å². The number of carbonyl (C=O) groups excluding carboxylic acids is 2. The molecule has 9 nitrogen and oxygen atoms in total. The van der Waals surface area contributed by atoms with Crippen molar-refractivity contribution in [2.24, 2.45) is 33.7 Å². The molecular weight excluding hydrogens is 693 g/mol. The first-order chi connectivity index (χ1) is 22.7. The molecule has 0 aliphatic rings. The van der Waals surface area contributed by atoms with Crippen LogP contribution in [0, 0.1) is 0 Å². The number of guanidine groups is 1. The predicted octanol–water partition coefficient (Wildman–Crippen LogP) is 8.48. The minimum Gasteiger partial charge on any atom is -0.370 e. The molecule has 0 rings (SSSR count). The topological polar surface area (TPSA) is 180 Å². The van der Waals surface area contributed by atoms with Crippen molar-refractivity contribution >= 4 is 54.9 Å². The van der Waals surface area contributed by atoms with Crippen LogP contribution in [-0.4, -0.2) is 60.3 Å². The Morgan fingerprint density at radius 1 is 0.480 bits per heavy atom. The minimum atomic E-state index is -0.654. The van der Waals surface area contributed by atoms with Crippen LogP contribution in [0.5, 0.6) is 0 Å². The molecule has 0 spiro atoms. The molecule has 3 atom stereocenters. The van der Waals surface area contributed by atoms with Gasteiger partial charge < -0.3 is 33.6 Å². The molecule has 50 heavy (non-hydrogen) atoms. The number of aliphatic imine (C=N–C) groups is 1. The van der Waals surface area contributed by atoms with Gasteiger partial charge in [0, 0.05) is 19.6 Å². The summed E-state index contributed by atoms with van der Waals surface area (Å²) in [6.07, 6.45) is 31.1. The highest BCUT2D eigenvalue weighted by Crippen LogP contribution is 2.15. The number of nitrogens with two attached hydrogens (primary N) is 5. The fourth-order valence-corrected chi connectivity index (χ4v) is 6.26. The molecule has 10 N–H and O–H groups in total. The first kappa shape index (κ1) is 55.9. The summed E-state index contributed by atoms with van der Waals surface area (Å²) in [5.74, 6) is -0.0897. The van der Waals surface area contributed by atoms with Crippen LogP contribution in [0.1, 0.15) is 187 Å². The second-order valence-electron chi connectivity index (χ2n) is 14.0. The third-order valence-electron chi connectivity index (χ3n) is 9.42. The van der Waals surface area contributed by atoms with Gasteiger partial charge in [0.05, 0.1) is 18.1 Å². The molecule has 0 bridgehead atoms. The van der Waals surface area contributed by atoms with Gasteiger partial charge in [-0.2, -0.15) is 0 Å². The summed E-state index contributed by atoms with van der Waals surface area (Å²) in [7, 11) is 0. The zero-order valence-corrected chi connectivity index (χ0v) is 34.7. The summed E-state index contributed by atoms with van der Waals surface area (Å²) in [5, 5.41) is 0. The van der Waals surface area contributed by atoms with Gasteiger partial charge in [0.2, 0.25) is 5.91 Å². The number of hydrogen-bond acceptors (Lipinski definition) is 6. The minimum absolute atomic E-state index is 0. The molecule has 0 radical (unpaired) electrons. The van der Waals surface area contributed by atoms with E-state index in [9.17, 15) is 9.59 Å². The highest BCUT2D eigenvalue weighted by Gasteiger charge is 2.23. The van der Waals surface area contributed by atoms with Crippen molar-refractivity contribution in [1.82, 2.24) is 4.90 Å². The lowest BCUT2D eigenvalue weighted by molar-refractivity contribution is -0.133. The van der Waals surface area contributed by atoms with Crippen LogP contribution >= 0.6 is 37.2 Å². The first-order valence-electron chi connectivity index (χ1n) is 19.9. The molecule has 302 valence electrons. The monoisotopic (exact) mass is 774 g/mol. The highest BCUT2D eigenvalue weighted by molar-refractivity contribution is 5.88. The summed E-state index contributed by atoms with van der Waals surface area (Å²) in [4.78, 5) is 32.0. The van der Waals surface area contributed by atoms with Crippen LogP contribution in [0.4, 0.5) is 0 Å². The van der Waals surface area contributed by atoms with E-state index in [1.54, 1.807) is 0 Å². The van der Waals surface area contributed by atoms with Gasteiger partial charge in [0.25, 0.3) is 0 Å². The van der Waals surface area contributed by atoms with E-state index in [2.05, 4.69) is 18.8 Å². The first-order valence-corrected chi connectivity index (χ1v) is 19.9. The van der Waals surface area contributed by atoms with Crippen LogP contribution < -0.4 is 28.7 Å². The van der Waals surface area contributed by atoms with Gasteiger partial charge in [-0.25, -0.2) is 0 Å². The maximum absolute atomic E-state index is 13.4. The van der Waals surface area contributed by atoms with E-state index in [-0.39, 0.29) is 54.9 Å². The molecule has 0 aromatic heterocycles. The van der Waals surface area contributed by atoms with Crippen molar-refractivity contribution in [2.75, 3.05) is 19.6 Å². The average molecular weight is 775 g/mol. The van der Waals surface area contributed by atoms with Crippen molar-refractivity contribution in [3.63, 3.8) is 0 Å². The van der Waals surface area contributed by atoms with Crippen LogP contribution in [0.15, 0.2) is 4.99 Å². The maximum atomic E-state index is 13.4. The zero-order chi connectivity index (χ0) is 35.0. The second kappa shape index (κ2) is 40.9. The summed E-state index contributed by atoms with van der Waals surface area (Å²) in [6, 6.07) is -1.85. The van der Waals surface area contributed by atoms with Gasteiger partial charge in [0.1, 0.15) is 0 Å². The Morgan fingerprint density at radius 3 is 1.16 bits per heavy atom. The Hall–Kier alpha value is -0.840. The zero-order valence-electron chi connectivity index (χ0n) is 32.3. The third kappa shape index (κ3) is 34.3. The number of hydrogen-bond donors (Lipinski definition) is 5. The van der Waals surface area contributed by atoms with E-state index in [0.29, 0.717) is 38.6 Å². The van der Waals surface area contributed by atoms with Crippen molar-refractivity contribution in [3.05, 3.63) is 0 Å². The van der Waals surface area contributed by atoms with E-state index in [4.69, 9.17) is 28.7 Å². The number of halogens is 3. The van der Waals surface area contributed by atoms with E-state index in [1.165, 1.54) is 116 Å². The Morgan fingerprint density at radius 2 is 0.800 bits per heavy atom. The third-order valence-corrected chi connectivity index (χ3v) is 9.42. The van der Waals surface area contributed by atoms with Crippen molar-refractivity contribution in [2.45, 2.75) is 205 Å². The molecule has 0 saturated carbocycles. The van der Waals surface area contributed by atoms with Crippen LogP contribution in [0.25, 0.3) is 0 Å². The van der Waals surface area contributed by atoms with Crippen molar-refractivity contribution < 1.29 is 9.59 Å². The van der Waals surface area contributed by atoms with E-state index in [0.717, 1.165) is 38.8 Å². The predicted molar refractivity (Wildman–Crippen MR) is 224 cm³/mol. The van der Waals surface area contributed by atoms with Crippen LogP contribution in [0.3, 0.4) is 0 Å². The maximum Gasteiger partial charge on any atom is 0.239 e. The number of Topliss-reactive ketones (excluding diaryl/α,β-unsaturated/α-hetero) is 1. The summed E-state index contributed by atoms with van der Waals surface area (Å²) < 4.78 is 0. The summed E-state index contributed by atoms with van der Waals surface area (Å²) >= 11 is 0. The lowest BCUT2D eigenvalue weighted by Crippen LogP contribution is -2.45. The molecule has 0 aromatic rings. The fraction of sp³-hybridized carbons (Fsp3) is 0.921. The lowest BCUT2D eigenvalue weighted by atomic mass is 9.97. The largest absolute Gasteiger partial charge is 0.370 e. The number of nitrogens with zero attached hydrogens (tertiary/aromatic N) is 2. The fourth-order valence-electron chi connectivity index (χ4n) is 6.26. The van der Waals surface area contributed by atoms with Gasteiger partial charge in [-0.3, -0.25) is 14.6 Å². The standard InChI is InChI=1S/C38H79N7O2.3ClH/c1-3-5-7-9-11-13-15-16-18-20-22-24-32-45(31-23-21-19-17-14-12-10-8-6-4-2)37(47)35(41)28-25-27-33(39)36(46)34(40)29-26-30-44-38(42)43;;;/h33-35H,3-32,39-41H2,1-2H3,(H4,42,43,44);3*1H/t33?,34-,35-;;;/m0.../s1. The normalized spacial score (nSPS) is 12.5. The number of carbonyl (C=O) groups is 2. The van der Waals surface area contributed by atoms with Crippen molar-refractivity contribution in [1.29, 1.82) is 0 Å². The van der Waals surface area contributed by atoms with Gasteiger partial charge in [-0.1, -0.05) is 142 Å². The van der Waals surface area contributed by atoms with Crippen LogP contribution in [0.2, 0.25) is 0 Å². The van der Waals surface area contributed by atoms with E-state index in [1.807, 2.05) is 4.90 Å². The second-order valence-corrected chi connectivity index (χ2v) is 14.0. The number of unbranched alkanes of at least 4 members (excludes halogenated alkanes) is 20. The molecule has 0 heterocycles. The number of amides is 1. The summed E-state index contributed by atoms with van der Waals surface area (Å²) in [6.45, 7) is 6.54. The SMILES string of the molecule is CCCCCCCCCCCCCCN(CCCCCCCCCCCC)C(=O)[C@@H](N)CCCC(N)C(=O)[C@@H](N)CCCN=C(N)N.Cl.Cl.Cl. The number of rotatable bonds is 35. The number of ketones is 1.